The molecule has 0 spiro atoms. The summed E-state index contributed by atoms with van der Waals surface area (Å²) in [6, 6.07) is 0. The quantitative estimate of drug-likeness (QED) is 0.340. The molecule has 4 unspecified atom stereocenters. The summed E-state index contributed by atoms with van der Waals surface area (Å²) >= 11 is 0. The largest absolute Gasteiger partial charge is 0.466 e. The minimum absolute atomic E-state index is 0.0447. The molecule has 0 radical (unpaired) electrons. The topological polar surface area (TPSA) is 32.8 Å². The number of esters is 1. The lowest BCUT2D eigenvalue weighted by atomic mass is 10.1. The van der Waals surface area contributed by atoms with Gasteiger partial charge in [0.05, 0.1) is 12.5 Å². The van der Waals surface area contributed by atoms with Gasteiger partial charge in [0.15, 0.2) is 0 Å². The molecule has 0 aromatic carbocycles. The van der Waals surface area contributed by atoms with Crippen molar-refractivity contribution in [3.05, 3.63) is 0 Å². The Hall–Kier alpha value is -0.393. The minimum Gasteiger partial charge on any atom is -0.466 e. The number of rotatable bonds is 11. The van der Waals surface area contributed by atoms with Crippen molar-refractivity contribution in [2.24, 2.45) is 5.92 Å². The zero-order valence-corrected chi connectivity index (χ0v) is 20.4. The molecule has 4 nitrogen and oxygen atoms in total. The van der Waals surface area contributed by atoms with Gasteiger partial charge < -0.3 is 9.30 Å². The summed E-state index contributed by atoms with van der Waals surface area (Å²) in [5.41, 5.74) is 2.39. The molecule has 0 aliphatic carbocycles. The van der Waals surface area contributed by atoms with Crippen LogP contribution in [0.25, 0.3) is 0 Å². The van der Waals surface area contributed by atoms with E-state index in [-0.39, 0.29) is 11.9 Å². The number of hydrogen-bond acceptors (Lipinski definition) is 4. The summed E-state index contributed by atoms with van der Waals surface area (Å²) in [6.07, 6.45) is 5.04. The molecular weight excluding hydrogens is 352 g/mol. The van der Waals surface area contributed by atoms with E-state index in [0.717, 1.165) is 36.4 Å². The molecule has 1 aliphatic rings. The monoisotopic (exact) mass is 398 g/mol. The summed E-state index contributed by atoms with van der Waals surface area (Å²) in [7, 11) is -1.66. The molecule has 4 atom stereocenters. The fourth-order valence-corrected chi connectivity index (χ4v) is 13.2. The van der Waals surface area contributed by atoms with E-state index in [0.29, 0.717) is 6.61 Å². The molecule has 160 valence electrons. The van der Waals surface area contributed by atoms with Crippen LogP contribution in [-0.2, 0) is 9.53 Å². The third-order valence-electron chi connectivity index (χ3n) is 7.25. The normalized spacial score (nSPS) is 23.3. The zero-order valence-electron chi connectivity index (χ0n) is 19.4. The molecule has 27 heavy (non-hydrogen) atoms. The Bertz CT molecular complexity index is 419. The fourth-order valence-electron chi connectivity index (χ4n) is 5.45. The molecule has 1 saturated heterocycles. The molecule has 1 heterocycles. The number of hydrogen-bond donors (Lipinski definition) is 0. The third-order valence-corrected chi connectivity index (χ3v) is 14.7. The van der Waals surface area contributed by atoms with Gasteiger partial charge in [0, 0.05) is 19.8 Å². The van der Waals surface area contributed by atoms with Crippen LogP contribution in [0, 0.1) is 5.92 Å². The minimum atomic E-state index is -1.66. The first-order valence-corrected chi connectivity index (χ1v) is 13.6. The summed E-state index contributed by atoms with van der Waals surface area (Å²) in [4.78, 5) is 14.6. The standard InChI is InChI=1S/C22H46N2O2Si/c1-9-19(6)27(20(7)10-2,21(8)11-3)24-15-13-14-23(17-24)16-18(5)22(25)26-12-4/h18-21H,9-17H2,1-8H3. The average molecular weight is 399 g/mol. The maximum absolute atomic E-state index is 12.1. The van der Waals surface area contributed by atoms with E-state index < -0.39 is 8.24 Å². The maximum atomic E-state index is 12.1. The van der Waals surface area contributed by atoms with Gasteiger partial charge in [-0.05, 0) is 36.5 Å². The van der Waals surface area contributed by atoms with E-state index in [4.69, 9.17) is 4.74 Å². The van der Waals surface area contributed by atoms with Crippen molar-refractivity contribution in [1.82, 2.24) is 9.47 Å². The molecule has 0 aromatic heterocycles. The predicted octanol–water partition coefficient (Wildman–Crippen LogP) is 5.50. The average Bonchev–Trinajstić information content (AvgIpc) is 2.68. The van der Waals surface area contributed by atoms with Crippen LogP contribution in [0.15, 0.2) is 0 Å². The van der Waals surface area contributed by atoms with Crippen LogP contribution in [-0.4, -0.2) is 56.6 Å². The Morgan fingerprint density at radius 1 is 0.926 bits per heavy atom. The van der Waals surface area contributed by atoms with Gasteiger partial charge in [0.1, 0.15) is 8.24 Å². The highest BCUT2D eigenvalue weighted by molar-refractivity contribution is 6.81. The van der Waals surface area contributed by atoms with Crippen LogP contribution in [0.2, 0.25) is 16.6 Å². The first-order chi connectivity index (χ1) is 12.8. The van der Waals surface area contributed by atoms with Crippen molar-refractivity contribution in [3.63, 3.8) is 0 Å². The van der Waals surface area contributed by atoms with Gasteiger partial charge in [-0.25, -0.2) is 0 Å². The van der Waals surface area contributed by atoms with E-state index in [1.165, 1.54) is 32.2 Å². The van der Waals surface area contributed by atoms with Crippen molar-refractivity contribution in [2.75, 3.05) is 32.9 Å². The first-order valence-electron chi connectivity index (χ1n) is 11.4. The highest BCUT2D eigenvalue weighted by Gasteiger charge is 2.51. The second-order valence-corrected chi connectivity index (χ2v) is 14.2. The third kappa shape index (κ3) is 5.57. The van der Waals surface area contributed by atoms with Crippen LogP contribution < -0.4 is 0 Å². The van der Waals surface area contributed by atoms with Gasteiger partial charge in [-0.2, -0.15) is 0 Å². The summed E-state index contributed by atoms with van der Waals surface area (Å²) in [5, 5.41) is 0. The fraction of sp³-hybridized carbons (Fsp3) is 0.955. The molecule has 0 saturated carbocycles. The Labute approximate surface area is 170 Å². The second kappa shape index (κ2) is 11.6. The van der Waals surface area contributed by atoms with Gasteiger partial charge >= 0.3 is 5.97 Å². The van der Waals surface area contributed by atoms with Gasteiger partial charge in [-0.3, -0.25) is 9.69 Å². The number of carbonyl (C=O) groups excluding carboxylic acids is 1. The molecule has 1 rings (SSSR count). The maximum Gasteiger partial charge on any atom is 0.309 e. The highest BCUT2D eigenvalue weighted by atomic mass is 28.3. The van der Waals surface area contributed by atoms with Gasteiger partial charge in [-0.1, -0.05) is 67.7 Å². The summed E-state index contributed by atoms with van der Waals surface area (Å²) in [6.45, 7) is 23.3. The van der Waals surface area contributed by atoms with E-state index in [2.05, 4.69) is 51.0 Å². The van der Waals surface area contributed by atoms with Crippen molar-refractivity contribution in [1.29, 1.82) is 0 Å². The van der Waals surface area contributed by atoms with Crippen LogP contribution in [0.5, 0.6) is 0 Å². The van der Waals surface area contributed by atoms with Crippen molar-refractivity contribution >= 4 is 14.2 Å². The Morgan fingerprint density at radius 2 is 1.44 bits per heavy atom. The van der Waals surface area contributed by atoms with E-state index in [9.17, 15) is 4.79 Å². The first kappa shape index (κ1) is 24.6. The van der Waals surface area contributed by atoms with E-state index in [1.54, 1.807) is 0 Å². The Kier molecular flexibility index (Phi) is 10.6. The van der Waals surface area contributed by atoms with Gasteiger partial charge in [-0.15, -0.1) is 0 Å². The smallest absolute Gasteiger partial charge is 0.309 e. The Morgan fingerprint density at radius 3 is 1.89 bits per heavy atom. The Balaban J connectivity index is 3.06. The number of nitrogens with zero attached hydrogens (tertiary/aromatic N) is 2. The van der Waals surface area contributed by atoms with Crippen molar-refractivity contribution in [2.45, 2.75) is 97.7 Å². The highest BCUT2D eigenvalue weighted by Crippen LogP contribution is 2.48. The lowest BCUT2D eigenvalue weighted by Crippen LogP contribution is -2.66. The molecule has 0 N–H and O–H groups in total. The molecule has 1 fully saturated rings. The molecule has 0 aromatic rings. The molecular formula is C22H46N2O2Si. The zero-order chi connectivity index (χ0) is 20.6. The van der Waals surface area contributed by atoms with Crippen LogP contribution in [0.4, 0.5) is 0 Å². The lowest BCUT2D eigenvalue weighted by Gasteiger charge is -2.56. The summed E-state index contributed by atoms with van der Waals surface area (Å²) in [5.74, 6) is -0.0966. The number of carbonyl (C=O) groups is 1. The van der Waals surface area contributed by atoms with E-state index >= 15 is 0 Å². The van der Waals surface area contributed by atoms with Crippen LogP contribution in [0.3, 0.4) is 0 Å². The van der Waals surface area contributed by atoms with Crippen LogP contribution in [0.1, 0.15) is 81.1 Å². The van der Waals surface area contributed by atoms with Gasteiger partial charge in [0.25, 0.3) is 0 Å². The van der Waals surface area contributed by atoms with Crippen LogP contribution >= 0.6 is 0 Å². The van der Waals surface area contributed by atoms with Crippen molar-refractivity contribution in [3.8, 4) is 0 Å². The number of ether oxygens (including phenoxy) is 1. The molecule has 0 bridgehead atoms. The molecule has 1 aliphatic heterocycles. The second-order valence-electron chi connectivity index (χ2n) is 8.80. The van der Waals surface area contributed by atoms with Gasteiger partial charge in [0.2, 0.25) is 0 Å². The molecule has 0 amide bonds. The SMILES string of the molecule is CCOC(=O)C(C)CN1CCCN([Si](C(C)CC)(C(C)CC)C(C)CC)C1. The van der Waals surface area contributed by atoms with E-state index in [1.807, 2.05) is 13.8 Å². The predicted molar refractivity (Wildman–Crippen MR) is 118 cm³/mol. The summed E-state index contributed by atoms with van der Waals surface area (Å²) < 4.78 is 8.16. The van der Waals surface area contributed by atoms with Crippen molar-refractivity contribution < 1.29 is 9.53 Å². The lowest BCUT2D eigenvalue weighted by molar-refractivity contribution is -0.148. The molecule has 5 heteroatoms.